The van der Waals surface area contributed by atoms with Crippen LogP contribution in [0.2, 0.25) is 0 Å². The topological polar surface area (TPSA) is 78.4 Å². The molecule has 0 bridgehead atoms. The van der Waals surface area contributed by atoms with E-state index in [1.807, 2.05) is 13.8 Å². The minimum absolute atomic E-state index is 0.0953. The van der Waals surface area contributed by atoms with Gasteiger partial charge in [-0.25, -0.2) is 4.98 Å². The van der Waals surface area contributed by atoms with E-state index in [2.05, 4.69) is 47.1 Å². The number of hydrogen-bond acceptors (Lipinski definition) is 4. The van der Waals surface area contributed by atoms with Crippen molar-refractivity contribution in [3.05, 3.63) is 16.1 Å². The zero-order chi connectivity index (χ0) is 20.7. The first kappa shape index (κ1) is 22.7. The van der Waals surface area contributed by atoms with Gasteiger partial charge in [0, 0.05) is 48.8 Å². The molecule has 2 rings (SSSR count). The van der Waals surface area contributed by atoms with Crippen LogP contribution in [-0.4, -0.2) is 42.5 Å². The largest absolute Gasteiger partial charge is 0.356 e. The highest BCUT2D eigenvalue weighted by atomic mass is 32.1. The zero-order valence-electron chi connectivity index (χ0n) is 18.3. The maximum Gasteiger partial charge on any atom is 0.223 e. The molecule has 1 heterocycles. The van der Waals surface area contributed by atoms with Crippen LogP contribution in [0.1, 0.15) is 71.0 Å². The molecular weight excluding hydrogens is 370 g/mol. The fraction of sp³-hybridized carbons (Fsp3) is 0.762. The summed E-state index contributed by atoms with van der Waals surface area (Å²) in [6.07, 6.45) is 4.86. The van der Waals surface area contributed by atoms with Gasteiger partial charge in [-0.05, 0) is 33.1 Å². The predicted octanol–water partition coefficient (Wildman–Crippen LogP) is 3.23. The van der Waals surface area contributed by atoms with Crippen LogP contribution >= 0.6 is 11.3 Å². The molecule has 0 aromatic carbocycles. The third-order valence-electron chi connectivity index (χ3n) is 4.99. The molecule has 1 aliphatic carbocycles. The summed E-state index contributed by atoms with van der Waals surface area (Å²) in [7, 11) is 1.79. The van der Waals surface area contributed by atoms with Gasteiger partial charge in [0.05, 0.1) is 10.7 Å². The van der Waals surface area contributed by atoms with E-state index in [1.165, 1.54) is 0 Å². The Bertz CT molecular complexity index is 662. The quantitative estimate of drug-likeness (QED) is 0.500. The van der Waals surface area contributed by atoms with Crippen LogP contribution in [-0.2, 0) is 16.6 Å². The van der Waals surface area contributed by atoms with Crippen molar-refractivity contribution in [3.63, 3.8) is 0 Å². The second kappa shape index (κ2) is 10.2. The van der Waals surface area contributed by atoms with Crippen molar-refractivity contribution in [1.29, 1.82) is 0 Å². The molecule has 0 saturated heterocycles. The molecule has 2 atom stereocenters. The average molecular weight is 408 g/mol. The third kappa shape index (κ3) is 7.08. The van der Waals surface area contributed by atoms with Crippen molar-refractivity contribution in [1.82, 2.24) is 20.9 Å². The molecule has 3 N–H and O–H groups in total. The van der Waals surface area contributed by atoms with Crippen LogP contribution in [0.15, 0.2) is 10.4 Å². The fourth-order valence-electron chi connectivity index (χ4n) is 3.41. The SMILES string of the molecule is CN=C(NCCc1nc(C(C)(C)C)cs1)NC1CCCC(C(=O)NC(C)C)C1. The molecular formula is C21H37N5OS. The molecule has 2 unspecified atom stereocenters. The van der Waals surface area contributed by atoms with Crippen LogP contribution in [0, 0.1) is 5.92 Å². The van der Waals surface area contributed by atoms with Crippen molar-refractivity contribution in [2.24, 2.45) is 10.9 Å². The molecule has 1 aromatic heterocycles. The van der Waals surface area contributed by atoms with Gasteiger partial charge >= 0.3 is 0 Å². The van der Waals surface area contributed by atoms with Gasteiger partial charge in [0.1, 0.15) is 0 Å². The van der Waals surface area contributed by atoms with Crippen LogP contribution in [0.3, 0.4) is 0 Å². The lowest BCUT2D eigenvalue weighted by Gasteiger charge is -2.30. The van der Waals surface area contributed by atoms with Crippen LogP contribution in [0.5, 0.6) is 0 Å². The van der Waals surface area contributed by atoms with Gasteiger partial charge in [0.15, 0.2) is 5.96 Å². The van der Waals surface area contributed by atoms with Crippen LogP contribution < -0.4 is 16.0 Å². The van der Waals surface area contributed by atoms with Crippen molar-refractivity contribution in [3.8, 4) is 0 Å². The predicted molar refractivity (Wildman–Crippen MR) is 118 cm³/mol. The van der Waals surface area contributed by atoms with Gasteiger partial charge < -0.3 is 16.0 Å². The van der Waals surface area contributed by atoms with Gasteiger partial charge in [-0.3, -0.25) is 9.79 Å². The number of carbonyl (C=O) groups is 1. The molecule has 7 heteroatoms. The first-order valence-electron chi connectivity index (χ1n) is 10.4. The van der Waals surface area contributed by atoms with E-state index >= 15 is 0 Å². The minimum atomic E-state index is 0.0953. The van der Waals surface area contributed by atoms with E-state index < -0.39 is 0 Å². The van der Waals surface area contributed by atoms with Gasteiger partial charge in [0.2, 0.25) is 5.91 Å². The first-order chi connectivity index (χ1) is 13.2. The second-order valence-electron chi connectivity index (χ2n) is 8.99. The minimum Gasteiger partial charge on any atom is -0.356 e. The highest BCUT2D eigenvalue weighted by molar-refractivity contribution is 7.09. The van der Waals surface area contributed by atoms with E-state index in [-0.39, 0.29) is 29.3 Å². The number of carbonyl (C=O) groups excluding carboxylic acids is 1. The highest BCUT2D eigenvalue weighted by Gasteiger charge is 2.28. The molecule has 0 aliphatic heterocycles. The van der Waals surface area contributed by atoms with Crippen LogP contribution in [0.4, 0.5) is 0 Å². The maximum absolute atomic E-state index is 12.3. The summed E-state index contributed by atoms with van der Waals surface area (Å²) >= 11 is 1.72. The Hall–Kier alpha value is -1.63. The second-order valence-corrected chi connectivity index (χ2v) is 9.94. The molecule has 0 radical (unpaired) electrons. The average Bonchev–Trinajstić information content (AvgIpc) is 3.10. The summed E-state index contributed by atoms with van der Waals surface area (Å²) in [4.78, 5) is 21.4. The van der Waals surface area contributed by atoms with E-state index in [1.54, 1.807) is 18.4 Å². The summed E-state index contributed by atoms with van der Waals surface area (Å²) in [6, 6.07) is 0.482. The first-order valence-corrected chi connectivity index (χ1v) is 11.3. The monoisotopic (exact) mass is 407 g/mol. The van der Waals surface area contributed by atoms with Gasteiger partial charge in [-0.15, -0.1) is 11.3 Å². The van der Waals surface area contributed by atoms with E-state index in [9.17, 15) is 4.79 Å². The third-order valence-corrected chi connectivity index (χ3v) is 5.90. The Morgan fingerprint density at radius 1 is 1.36 bits per heavy atom. The number of nitrogens with zero attached hydrogens (tertiary/aromatic N) is 2. The lowest BCUT2D eigenvalue weighted by atomic mass is 9.85. The van der Waals surface area contributed by atoms with Crippen molar-refractivity contribution < 1.29 is 4.79 Å². The van der Waals surface area contributed by atoms with Crippen molar-refractivity contribution in [2.45, 2.75) is 84.2 Å². The Balaban J connectivity index is 1.79. The molecule has 6 nitrogen and oxygen atoms in total. The summed E-state index contributed by atoms with van der Waals surface area (Å²) < 4.78 is 0. The number of nitrogens with one attached hydrogen (secondary N) is 3. The highest BCUT2D eigenvalue weighted by Crippen LogP contribution is 2.25. The summed E-state index contributed by atoms with van der Waals surface area (Å²) in [5.41, 5.74) is 1.25. The number of aliphatic imine (C=N–C) groups is 1. The Morgan fingerprint density at radius 2 is 2.11 bits per heavy atom. The standard InChI is InChI=1S/C21H37N5OS/c1-14(2)24-19(27)15-8-7-9-16(12-15)25-20(22-6)23-11-10-18-26-17(13-28-18)21(3,4)5/h13-16H,7-12H2,1-6H3,(H,24,27)(H2,22,23,25). The van der Waals surface area contributed by atoms with Gasteiger partial charge in [-0.2, -0.15) is 0 Å². The summed E-state index contributed by atoms with van der Waals surface area (Å²) in [5, 5.41) is 13.3. The lowest BCUT2D eigenvalue weighted by Crippen LogP contribution is -2.47. The summed E-state index contributed by atoms with van der Waals surface area (Å²) in [5.74, 6) is 1.09. The molecule has 1 amide bonds. The number of aromatic nitrogens is 1. The van der Waals surface area contributed by atoms with Gasteiger partial charge in [-0.1, -0.05) is 27.2 Å². The molecule has 1 fully saturated rings. The molecule has 1 aliphatic rings. The van der Waals surface area contributed by atoms with E-state index in [4.69, 9.17) is 4.98 Å². The lowest BCUT2D eigenvalue weighted by molar-refractivity contribution is -0.126. The van der Waals surface area contributed by atoms with Gasteiger partial charge in [0.25, 0.3) is 0 Å². The molecule has 0 spiro atoms. The number of thiazole rings is 1. The fourth-order valence-corrected chi connectivity index (χ4v) is 4.43. The smallest absolute Gasteiger partial charge is 0.223 e. The Morgan fingerprint density at radius 3 is 2.71 bits per heavy atom. The van der Waals surface area contributed by atoms with E-state index in [0.717, 1.165) is 55.3 Å². The number of amides is 1. The van der Waals surface area contributed by atoms with E-state index in [0.29, 0.717) is 0 Å². The zero-order valence-corrected chi connectivity index (χ0v) is 19.1. The van der Waals surface area contributed by atoms with Crippen molar-refractivity contribution >= 4 is 23.2 Å². The Kier molecular flexibility index (Phi) is 8.28. The van der Waals surface area contributed by atoms with Crippen LogP contribution in [0.25, 0.3) is 0 Å². The molecule has 1 saturated carbocycles. The number of guanidine groups is 1. The maximum atomic E-state index is 12.3. The molecule has 28 heavy (non-hydrogen) atoms. The molecule has 158 valence electrons. The number of rotatable bonds is 6. The number of hydrogen-bond donors (Lipinski definition) is 3. The summed E-state index contributed by atoms with van der Waals surface area (Å²) in [6.45, 7) is 11.4. The molecule has 1 aromatic rings. The van der Waals surface area contributed by atoms with Crippen molar-refractivity contribution in [2.75, 3.05) is 13.6 Å². The Labute approximate surface area is 174 Å². The normalized spacial score (nSPS) is 20.9.